The SMILES string of the molecule is CCOC(=O)C(=CN)C(N)=Nc1cccnc1. The van der Waals surface area contributed by atoms with Crippen LogP contribution in [-0.4, -0.2) is 23.4 Å². The highest BCUT2D eigenvalue weighted by molar-refractivity contribution is 6.18. The zero-order valence-corrected chi connectivity index (χ0v) is 9.46. The molecule has 1 heterocycles. The van der Waals surface area contributed by atoms with Crippen LogP contribution in [0.15, 0.2) is 41.3 Å². The predicted octanol–water partition coefficient (Wildman–Crippen LogP) is 0.476. The number of aliphatic imine (C=N–C) groups is 1. The van der Waals surface area contributed by atoms with Crippen LogP contribution in [0.25, 0.3) is 0 Å². The van der Waals surface area contributed by atoms with Gasteiger partial charge in [-0.1, -0.05) is 0 Å². The highest BCUT2D eigenvalue weighted by atomic mass is 16.5. The first-order valence-electron chi connectivity index (χ1n) is 5.02. The summed E-state index contributed by atoms with van der Waals surface area (Å²) in [5.41, 5.74) is 11.6. The maximum absolute atomic E-state index is 11.5. The van der Waals surface area contributed by atoms with Crippen molar-refractivity contribution in [3.63, 3.8) is 0 Å². The Kier molecular flexibility index (Phi) is 4.68. The van der Waals surface area contributed by atoms with Crippen LogP contribution in [0.5, 0.6) is 0 Å². The average molecular weight is 234 g/mol. The fourth-order valence-electron chi connectivity index (χ4n) is 1.09. The van der Waals surface area contributed by atoms with Crippen LogP contribution >= 0.6 is 0 Å². The van der Waals surface area contributed by atoms with E-state index < -0.39 is 5.97 Å². The number of nitrogens with two attached hydrogens (primary N) is 2. The molecule has 0 aliphatic carbocycles. The molecule has 6 heteroatoms. The zero-order chi connectivity index (χ0) is 12.7. The van der Waals surface area contributed by atoms with Gasteiger partial charge in [-0.05, 0) is 19.1 Å². The summed E-state index contributed by atoms with van der Waals surface area (Å²) in [7, 11) is 0. The lowest BCUT2D eigenvalue weighted by Crippen LogP contribution is -2.24. The number of nitrogens with zero attached hydrogens (tertiary/aromatic N) is 2. The molecule has 0 saturated carbocycles. The molecule has 17 heavy (non-hydrogen) atoms. The number of esters is 1. The molecule has 1 aromatic heterocycles. The Balaban J connectivity index is 2.91. The second-order valence-electron chi connectivity index (χ2n) is 3.01. The Morgan fingerprint density at radius 1 is 1.65 bits per heavy atom. The molecule has 1 aromatic rings. The van der Waals surface area contributed by atoms with Gasteiger partial charge in [0, 0.05) is 12.4 Å². The van der Waals surface area contributed by atoms with E-state index >= 15 is 0 Å². The van der Waals surface area contributed by atoms with Crippen LogP contribution in [0, 0.1) is 0 Å². The third-order valence-electron chi connectivity index (χ3n) is 1.83. The molecule has 4 N–H and O–H groups in total. The van der Waals surface area contributed by atoms with Crippen LogP contribution in [0.3, 0.4) is 0 Å². The molecule has 0 aliphatic heterocycles. The Hall–Kier alpha value is -2.37. The molecule has 1 rings (SSSR count). The smallest absolute Gasteiger partial charge is 0.343 e. The molecule has 0 spiro atoms. The van der Waals surface area contributed by atoms with Crippen molar-refractivity contribution in [3.05, 3.63) is 36.3 Å². The summed E-state index contributed by atoms with van der Waals surface area (Å²) in [5, 5.41) is 0. The molecule has 0 fully saturated rings. The van der Waals surface area contributed by atoms with Crippen molar-refractivity contribution >= 4 is 17.5 Å². The first-order chi connectivity index (χ1) is 8.19. The normalized spacial score (nSPS) is 12.3. The molecular formula is C11H14N4O2. The van der Waals surface area contributed by atoms with Crippen molar-refractivity contribution in [2.75, 3.05) is 6.61 Å². The molecule has 6 nitrogen and oxygen atoms in total. The topological polar surface area (TPSA) is 104 Å². The third-order valence-corrected chi connectivity index (χ3v) is 1.83. The maximum Gasteiger partial charge on any atom is 0.343 e. The van der Waals surface area contributed by atoms with Crippen molar-refractivity contribution in [2.24, 2.45) is 16.5 Å². The molecule has 0 radical (unpaired) electrons. The molecular weight excluding hydrogens is 220 g/mol. The maximum atomic E-state index is 11.5. The molecule has 0 aliphatic rings. The lowest BCUT2D eigenvalue weighted by atomic mass is 10.2. The molecule has 90 valence electrons. The second-order valence-corrected chi connectivity index (χ2v) is 3.01. The van der Waals surface area contributed by atoms with Crippen molar-refractivity contribution in [3.8, 4) is 0 Å². The number of pyridine rings is 1. The summed E-state index contributed by atoms with van der Waals surface area (Å²) in [4.78, 5) is 19.3. The number of hydrogen-bond donors (Lipinski definition) is 2. The number of rotatable bonds is 4. The summed E-state index contributed by atoms with van der Waals surface area (Å²) in [6, 6.07) is 3.42. The van der Waals surface area contributed by atoms with Gasteiger partial charge in [-0.3, -0.25) is 4.98 Å². The van der Waals surface area contributed by atoms with E-state index in [-0.39, 0.29) is 18.0 Å². The van der Waals surface area contributed by atoms with E-state index in [2.05, 4.69) is 9.98 Å². The van der Waals surface area contributed by atoms with E-state index in [0.29, 0.717) is 5.69 Å². The zero-order valence-electron chi connectivity index (χ0n) is 9.46. The summed E-state index contributed by atoms with van der Waals surface area (Å²) >= 11 is 0. The van der Waals surface area contributed by atoms with Gasteiger partial charge in [0.05, 0.1) is 18.5 Å². The van der Waals surface area contributed by atoms with Crippen LogP contribution in [-0.2, 0) is 9.53 Å². The summed E-state index contributed by atoms with van der Waals surface area (Å²) < 4.78 is 4.79. The Bertz CT molecular complexity index is 440. The summed E-state index contributed by atoms with van der Waals surface area (Å²) in [5.74, 6) is -0.598. The minimum atomic E-state index is -0.597. The first kappa shape index (κ1) is 12.7. The van der Waals surface area contributed by atoms with Crippen LogP contribution in [0.1, 0.15) is 6.92 Å². The largest absolute Gasteiger partial charge is 0.462 e. The number of aromatic nitrogens is 1. The van der Waals surface area contributed by atoms with Gasteiger partial charge in [0.1, 0.15) is 11.4 Å². The molecule has 0 saturated heterocycles. The summed E-state index contributed by atoms with van der Waals surface area (Å²) in [6.45, 7) is 1.94. The predicted molar refractivity (Wildman–Crippen MR) is 64.4 cm³/mol. The van der Waals surface area contributed by atoms with E-state index in [1.807, 2.05) is 0 Å². The fraction of sp³-hybridized carbons (Fsp3) is 0.182. The van der Waals surface area contributed by atoms with E-state index in [0.717, 1.165) is 6.20 Å². The minimum Gasteiger partial charge on any atom is -0.462 e. The molecule has 0 atom stereocenters. The first-order valence-corrected chi connectivity index (χ1v) is 5.02. The van der Waals surface area contributed by atoms with Crippen molar-refractivity contribution in [1.82, 2.24) is 4.98 Å². The van der Waals surface area contributed by atoms with Gasteiger partial charge < -0.3 is 16.2 Å². The van der Waals surface area contributed by atoms with Gasteiger partial charge in [-0.25, -0.2) is 9.79 Å². The number of amidine groups is 1. The van der Waals surface area contributed by atoms with Gasteiger partial charge in [0.25, 0.3) is 0 Å². The number of hydrogen-bond acceptors (Lipinski definition) is 5. The lowest BCUT2D eigenvalue weighted by Gasteiger charge is -2.05. The van der Waals surface area contributed by atoms with Crippen LogP contribution < -0.4 is 11.5 Å². The fourth-order valence-corrected chi connectivity index (χ4v) is 1.09. The molecule has 0 bridgehead atoms. The van der Waals surface area contributed by atoms with Crippen molar-refractivity contribution in [1.29, 1.82) is 0 Å². The standard InChI is InChI=1S/C11H14N4O2/c1-2-17-11(16)9(6-12)10(13)15-8-4-3-5-14-7-8/h3-7H,2,12H2,1H3,(H2,13,15). The second kappa shape index (κ2) is 6.26. The van der Waals surface area contributed by atoms with Gasteiger partial charge in [0.15, 0.2) is 0 Å². The number of ether oxygens (including phenoxy) is 1. The highest BCUT2D eigenvalue weighted by Crippen LogP contribution is 2.09. The van der Waals surface area contributed by atoms with Gasteiger partial charge in [-0.15, -0.1) is 0 Å². The van der Waals surface area contributed by atoms with Crippen molar-refractivity contribution < 1.29 is 9.53 Å². The molecule has 0 aromatic carbocycles. The highest BCUT2D eigenvalue weighted by Gasteiger charge is 2.14. The minimum absolute atomic E-state index is 0.000972. The number of carbonyl (C=O) groups excluding carboxylic acids is 1. The van der Waals surface area contributed by atoms with E-state index in [4.69, 9.17) is 16.2 Å². The molecule has 0 unspecified atom stereocenters. The molecule has 0 amide bonds. The van der Waals surface area contributed by atoms with Gasteiger partial charge >= 0.3 is 5.97 Å². The Morgan fingerprint density at radius 2 is 2.41 bits per heavy atom. The van der Waals surface area contributed by atoms with Gasteiger partial charge in [0.2, 0.25) is 0 Å². The Morgan fingerprint density at radius 3 is 2.94 bits per heavy atom. The van der Waals surface area contributed by atoms with E-state index in [1.165, 1.54) is 6.20 Å². The van der Waals surface area contributed by atoms with Gasteiger partial charge in [-0.2, -0.15) is 0 Å². The van der Waals surface area contributed by atoms with Crippen LogP contribution in [0.2, 0.25) is 0 Å². The monoisotopic (exact) mass is 234 g/mol. The van der Waals surface area contributed by atoms with E-state index in [1.54, 1.807) is 25.3 Å². The summed E-state index contributed by atoms with van der Waals surface area (Å²) in [6.07, 6.45) is 4.21. The average Bonchev–Trinajstić information content (AvgIpc) is 2.31. The van der Waals surface area contributed by atoms with Crippen LogP contribution in [0.4, 0.5) is 5.69 Å². The van der Waals surface area contributed by atoms with E-state index in [9.17, 15) is 4.79 Å². The Labute approximate surface area is 99.0 Å². The quantitative estimate of drug-likeness (QED) is 0.341. The number of carbonyl (C=O) groups is 1. The lowest BCUT2D eigenvalue weighted by molar-refractivity contribution is -0.137. The third kappa shape index (κ3) is 3.60. The van der Waals surface area contributed by atoms with Crippen molar-refractivity contribution in [2.45, 2.75) is 6.92 Å².